The van der Waals surface area contributed by atoms with Crippen molar-refractivity contribution in [3.05, 3.63) is 22.1 Å². The first-order valence-corrected chi connectivity index (χ1v) is 6.40. The average molecular weight is 214 g/mol. The number of hydrogen-bond donors (Lipinski definition) is 0. The van der Waals surface area contributed by atoms with E-state index in [4.69, 9.17) is 0 Å². The minimum absolute atomic E-state index is 0.00153. The van der Waals surface area contributed by atoms with Crippen LogP contribution in [-0.2, 0) is 0 Å². The fraction of sp³-hybridized carbons (Fsp3) is 0.667. The lowest BCUT2D eigenvalue weighted by atomic mass is 9.97. The summed E-state index contributed by atoms with van der Waals surface area (Å²) in [6.07, 6.45) is 5.93. The van der Waals surface area contributed by atoms with Crippen molar-refractivity contribution in [3.63, 3.8) is 0 Å². The highest BCUT2D eigenvalue weighted by Gasteiger charge is 2.14. The van der Waals surface area contributed by atoms with E-state index in [9.17, 15) is 4.39 Å². The predicted molar refractivity (Wildman–Crippen MR) is 61.5 cm³/mol. The van der Waals surface area contributed by atoms with E-state index in [1.807, 2.05) is 5.38 Å². The topological polar surface area (TPSA) is 0 Å². The van der Waals surface area contributed by atoms with E-state index in [-0.39, 0.29) is 5.82 Å². The van der Waals surface area contributed by atoms with Gasteiger partial charge in [0.1, 0.15) is 5.82 Å². The van der Waals surface area contributed by atoms with Gasteiger partial charge in [0.25, 0.3) is 0 Å². The molecule has 1 rings (SSSR count). The first-order valence-electron chi connectivity index (χ1n) is 5.52. The molecule has 0 fully saturated rings. The third-order valence-corrected chi connectivity index (χ3v) is 3.72. The Hall–Kier alpha value is -0.370. The van der Waals surface area contributed by atoms with Crippen molar-refractivity contribution in [2.45, 2.75) is 51.9 Å². The van der Waals surface area contributed by atoms with Crippen molar-refractivity contribution < 1.29 is 4.39 Å². The van der Waals surface area contributed by atoms with Gasteiger partial charge in [-0.25, -0.2) is 4.39 Å². The third-order valence-electron chi connectivity index (χ3n) is 2.66. The van der Waals surface area contributed by atoms with E-state index >= 15 is 0 Å². The summed E-state index contributed by atoms with van der Waals surface area (Å²) in [6.45, 7) is 4.35. The average Bonchev–Trinajstić information content (AvgIpc) is 2.60. The lowest BCUT2D eigenvalue weighted by Crippen LogP contribution is -1.96. The van der Waals surface area contributed by atoms with Gasteiger partial charge in [-0.15, -0.1) is 11.3 Å². The maximum atomic E-state index is 13.3. The van der Waals surface area contributed by atoms with Crippen molar-refractivity contribution in [1.29, 1.82) is 0 Å². The van der Waals surface area contributed by atoms with Crippen LogP contribution in [0.1, 0.15) is 56.7 Å². The smallest absolute Gasteiger partial charge is 0.137 e. The molecule has 0 N–H and O–H groups in total. The summed E-state index contributed by atoms with van der Waals surface area (Å²) < 4.78 is 13.3. The molecule has 1 heterocycles. The summed E-state index contributed by atoms with van der Waals surface area (Å²) in [4.78, 5) is 0.962. The molecule has 1 atom stereocenters. The van der Waals surface area contributed by atoms with Gasteiger partial charge < -0.3 is 0 Å². The SMILES string of the molecule is CCCCCC(CC)c1sccc1F. The van der Waals surface area contributed by atoms with Crippen LogP contribution in [0.4, 0.5) is 4.39 Å². The Morgan fingerprint density at radius 1 is 1.36 bits per heavy atom. The molecular weight excluding hydrogens is 195 g/mol. The minimum atomic E-state index is -0.00153. The molecule has 0 aromatic carbocycles. The van der Waals surface area contributed by atoms with E-state index in [2.05, 4.69) is 13.8 Å². The van der Waals surface area contributed by atoms with Crippen LogP contribution in [0.25, 0.3) is 0 Å². The fourth-order valence-corrected chi connectivity index (χ4v) is 2.75. The quantitative estimate of drug-likeness (QED) is 0.587. The van der Waals surface area contributed by atoms with Crippen molar-refractivity contribution in [3.8, 4) is 0 Å². The molecule has 0 saturated heterocycles. The molecule has 0 nitrogen and oxygen atoms in total. The Balaban J connectivity index is 2.50. The maximum Gasteiger partial charge on any atom is 0.137 e. The zero-order valence-electron chi connectivity index (χ0n) is 9.05. The maximum absolute atomic E-state index is 13.3. The van der Waals surface area contributed by atoms with Crippen LogP contribution in [-0.4, -0.2) is 0 Å². The van der Waals surface area contributed by atoms with Gasteiger partial charge in [0, 0.05) is 4.88 Å². The Kier molecular flexibility index (Phi) is 5.16. The van der Waals surface area contributed by atoms with Crippen LogP contribution in [0.2, 0.25) is 0 Å². The lowest BCUT2D eigenvalue weighted by molar-refractivity contribution is 0.529. The molecule has 80 valence electrons. The van der Waals surface area contributed by atoms with Crippen LogP contribution in [0.15, 0.2) is 11.4 Å². The standard InChI is InChI=1S/C12H19FS/c1-3-5-6-7-10(4-2)12-11(13)8-9-14-12/h8-10H,3-7H2,1-2H3. The summed E-state index contributed by atoms with van der Waals surface area (Å²) in [7, 11) is 0. The van der Waals surface area contributed by atoms with Gasteiger partial charge in [0.15, 0.2) is 0 Å². The second-order valence-corrected chi connectivity index (χ2v) is 4.68. The van der Waals surface area contributed by atoms with Crippen LogP contribution < -0.4 is 0 Å². The molecule has 1 unspecified atom stereocenters. The molecule has 0 bridgehead atoms. The fourth-order valence-electron chi connectivity index (χ4n) is 1.76. The molecule has 1 aromatic rings. The zero-order valence-corrected chi connectivity index (χ0v) is 9.87. The normalized spacial score (nSPS) is 13.1. The van der Waals surface area contributed by atoms with Crippen molar-refractivity contribution in [2.24, 2.45) is 0 Å². The zero-order chi connectivity index (χ0) is 10.4. The summed E-state index contributed by atoms with van der Waals surface area (Å²) in [6, 6.07) is 1.59. The summed E-state index contributed by atoms with van der Waals surface area (Å²) in [5.74, 6) is 0.444. The molecule has 14 heavy (non-hydrogen) atoms. The Bertz CT molecular complexity index is 255. The summed E-state index contributed by atoms with van der Waals surface area (Å²) in [5, 5.41) is 1.85. The number of rotatable bonds is 6. The number of hydrogen-bond acceptors (Lipinski definition) is 1. The Labute approximate surface area is 90.2 Å². The van der Waals surface area contributed by atoms with Gasteiger partial charge in [-0.05, 0) is 30.2 Å². The second-order valence-electron chi connectivity index (χ2n) is 3.73. The van der Waals surface area contributed by atoms with Crippen molar-refractivity contribution in [2.75, 3.05) is 0 Å². The minimum Gasteiger partial charge on any atom is -0.206 e. The van der Waals surface area contributed by atoms with Gasteiger partial charge in [-0.3, -0.25) is 0 Å². The highest BCUT2D eigenvalue weighted by atomic mass is 32.1. The van der Waals surface area contributed by atoms with Crippen molar-refractivity contribution >= 4 is 11.3 Å². The van der Waals surface area contributed by atoms with Gasteiger partial charge in [0.2, 0.25) is 0 Å². The Morgan fingerprint density at radius 3 is 2.64 bits per heavy atom. The second kappa shape index (κ2) is 6.18. The molecule has 0 saturated carbocycles. The first kappa shape index (κ1) is 11.7. The molecule has 2 heteroatoms. The molecule has 0 aliphatic rings. The molecule has 0 aliphatic carbocycles. The number of halogens is 1. The summed E-state index contributed by atoms with van der Waals surface area (Å²) in [5.41, 5.74) is 0. The monoisotopic (exact) mass is 214 g/mol. The van der Waals surface area contributed by atoms with Gasteiger partial charge in [-0.1, -0.05) is 33.1 Å². The predicted octanol–water partition coefficient (Wildman–Crippen LogP) is 4.96. The molecule has 0 spiro atoms. The van der Waals surface area contributed by atoms with E-state index in [1.165, 1.54) is 19.3 Å². The van der Waals surface area contributed by atoms with E-state index in [0.717, 1.165) is 17.7 Å². The van der Waals surface area contributed by atoms with Crippen LogP contribution in [0, 0.1) is 5.82 Å². The highest BCUT2D eigenvalue weighted by molar-refractivity contribution is 7.10. The van der Waals surface area contributed by atoms with Crippen LogP contribution in [0.3, 0.4) is 0 Å². The molecule has 1 aromatic heterocycles. The molecule has 0 amide bonds. The van der Waals surface area contributed by atoms with Crippen LogP contribution >= 0.6 is 11.3 Å². The number of thiophene rings is 1. The third kappa shape index (κ3) is 3.09. The van der Waals surface area contributed by atoms with Crippen LogP contribution in [0.5, 0.6) is 0 Å². The number of unbranched alkanes of at least 4 members (excludes halogenated alkanes) is 2. The van der Waals surface area contributed by atoms with Gasteiger partial charge >= 0.3 is 0 Å². The van der Waals surface area contributed by atoms with Crippen molar-refractivity contribution in [1.82, 2.24) is 0 Å². The first-order chi connectivity index (χ1) is 6.79. The van der Waals surface area contributed by atoms with E-state index in [0.29, 0.717) is 5.92 Å². The van der Waals surface area contributed by atoms with E-state index in [1.54, 1.807) is 17.4 Å². The largest absolute Gasteiger partial charge is 0.206 e. The molecule has 0 aliphatic heterocycles. The molecule has 0 radical (unpaired) electrons. The molecular formula is C12H19FS. The summed E-state index contributed by atoms with van der Waals surface area (Å²) >= 11 is 1.57. The van der Waals surface area contributed by atoms with Gasteiger partial charge in [-0.2, -0.15) is 0 Å². The lowest BCUT2D eigenvalue weighted by Gasteiger charge is -2.12. The van der Waals surface area contributed by atoms with Gasteiger partial charge in [0.05, 0.1) is 0 Å². The highest BCUT2D eigenvalue weighted by Crippen LogP contribution is 2.31. The Morgan fingerprint density at radius 2 is 2.14 bits per heavy atom. The van der Waals surface area contributed by atoms with E-state index < -0.39 is 0 Å².